The van der Waals surface area contributed by atoms with Gasteiger partial charge in [0, 0.05) is 19.0 Å². The SMILES string of the molecule is CC1CCN(Cc2ccc(CNC(=O)[C@@H]3CCC[C@@H]3CN)cc2)CC1.Cl.Cl. The lowest BCUT2D eigenvalue weighted by atomic mass is 9.95. The number of amides is 1. The van der Waals surface area contributed by atoms with Crippen LogP contribution in [0.1, 0.15) is 50.2 Å². The number of rotatable bonds is 6. The average Bonchev–Trinajstić information content (AvgIpc) is 3.12. The van der Waals surface area contributed by atoms with Crippen molar-refractivity contribution in [1.82, 2.24) is 10.2 Å². The van der Waals surface area contributed by atoms with Crippen LogP contribution in [0.3, 0.4) is 0 Å². The molecule has 2 aliphatic rings. The summed E-state index contributed by atoms with van der Waals surface area (Å²) < 4.78 is 0. The monoisotopic (exact) mass is 415 g/mol. The largest absolute Gasteiger partial charge is 0.352 e. The van der Waals surface area contributed by atoms with Crippen LogP contribution in [0, 0.1) is 17.8 Å². The van der Waals surface area contributed by atoms with Gasteiger partial charge in [0.25, 0.3) is 0 Å². The molecular formula is C21H35Cl2N3O. The van der Waals surface area contributed by atoms with Gasteiger partial charge in [-0.15, -0.1) is 24.8 Å². The normalized spacial score (nSPS) is 23.3. The number of hydrogen-bond acceptors (Lipinski definition) is 3. The molecule has 4 nitrogen and oxygen atoms in total. The van der Waals surface area contributed by atoms with E-state index in [0.29, 0.717) is 19.0 Å². The van der Waals surface area contributed by atoms with Crippen molar-refractivity contribution in [2.75, 3.05) is 19.6 Å². The Morgan fingerprint density at radius 2 is 1.70 bits per heavy atom. The third-order valence-electron chi connectivity index (χ3n) is 6.07. The van der Waals surface area contributed by atoms with Gasteiger partial charge in [-0.2, -0.15) is 0 Å². The summed E-state index contributed by atoms with van der Waals surface area (Å²) in [5, 5.41) is 3.11. The Balaban J connectivity index is 0.00000182. The molecule has 0 aromatic heterocycles. The molecule has 1 saturated heterocycles. The van der Waals surface area contributed by atoms with Crippen LogP contribution in [-0.2, 0) is 17.9 Å². The molecule has 1 aliphatic heterocycles. The van der Waals surface area contributed by atoms with Crippen LogP contribution in [0.2, 0.25) is 0 Å². The summed E-state index contributed by atoms with van der Waals surface area (Å²) in [5.74, 6) is 1.54. The molecule has 1 aromatic rings. The maximum absolute atomic E-state index is 12.4. The molecule has 27 heavy (non-hydrogen) atoms. The summed E-state index contributed by atoms with van der Waals surface area (Å²) in [6.45, 7) is 7.06. The number of nitrogens with one attached hydrogen (secondary N) is 1. The van der Waals surface area contributed by atoms with Crippen molar-refractivity contribution in [3.63, 3.8) is 0 Å². The van der Waals surface area contributed by atoms with Gasteiger partial charge in [-0.1, -0.05) is 37.6 Å². The van der Waals surface area contributed by atoms with Crippen molar-refractivity contribution in [2.45, 2.75) is 52.1 Å². The van der Waals surface area contributed by atoms with Gasteiger partial charge >= 0.3 is 0 Å². The van der Waals surface area contributed by atoms with Crippen LogP contribution in [-0.4, -0.2) is 30.4 Å². The third-order valence-corrected chi connectivity index (χ3v) is 6.07. The highest BCUT2D eigenvalue weighted by Crippen LogP contribution is 2.31. The second kappa shape index (κ2) is 11.9. The van der Waals surface area contributed by atoms with Crippen molar-refractivity contribution in [3.8, 4) is 0 Å². The lowest BCUT2D eigenvalue weighted by Gasteiger charge is -2.30. The second-order valence-electron chi connectivity index (χ2n) is 8.03. The minimum Gasteiger partial charge on any atom is -0.352 e. The number of benzene rings is 1. The topological polar surface area (TPSA) is 58.4 Å². The minimum atomic E-state index is 0. The zero-order chi connectivity index (χ0) is 17.6. The maximum Gasteiger partial charge on any atom is 0.223 e. The Kier molecular flexibility index (Phi) is 10.7. The first-order chi connectivity index (χ1) is 12.2. The molecule has 2 atom stereocenters. The third kappa shape index (κ3) is 6.94. The molecule has 0 radical (unpaired) electrons. The van der Waals surface area contributed by atoms with Gasteiger partial charge in [-0.05, 0) is 68.3 Å². The van der Waals surface area contributed by atoms with E-state index in [1.165, 1.54) is 37.1 Å². The molecule has 1 saturated carbocycles. The molecule has 0 spiro atoms. The van der Waals surface area contributed by atoms with Gasteiger partial charge in [0.15, 0.2) is 0 Å². The predicted molar refractivity (Wildman–Crippen MR) is 116 cm³/mol. The summed E-state index contributed by atoms with van der Waals surface area (Å²) in [6.07, 6.45) is 5.84. The first-order valence-corrected chi connectivity index (χ1v) is 9.93. The number of nitrogens with two attached hydrogens (primary N) is 1. The quantitative estimate of drug-likeness (QED) is 0.743. The summed E-state index contributed by atoms with van der Waals surface area (Å²) in [6, 6.07) is 8.71. The van der Waals surface area contributed by atoms with Gasteiger partial charge in [0.1, 0.15) is 0 Å². The molecule has 0 bridgehead atoms. The predicted octanol–water partition coefficient (Wildman–Crippen LogP) is 3.75. The van der Waals surface area contributed by atoms with Crippen LogP contribution in [0.5, 0.6) is 0 Å². The second-order valence-corrected chi connectivity index (χ2v) is 8.03. The van der Waals surface area contributed by atoms with Gasteiger partial charge in [-0.3, -0.25) is 9.69 Å². The molecule has 6 heteroatoms. The van der Waals surface area contributed by atoms with Crippen LogP contribution >= 0.6 is 24.8 Å². The van der Waals surface area contributed by atoms with Crippen molar-refractivity contribution in [2.24, 2.45) is 23.5 Å². The molecule has 2 fully saturated rings. The number of halogens is 2. The smallest absolute Gasteiger partial charge is 0.223 e. The van der Waals surface area contributed by atoms with E-state index in [4.69, 9.17) is 5.73 Å². The number of nitrogens with zero attached hydrogens (tertiary/aromatic N) is 1. The summed E-state index contributed by atoms with van der Waals surface area (Å²) >= 11 is 0. The van der Waals surface area contributed by atoms with Gasteiger partial charge in [0.2, 0.25) is 5.91 Å². The molecule has 3 N–H and O–H groups in total. The Hall–Kier alpha value is -0.810. The number of piperidine rings is 1. The Morgan fingerprint density at radius 1 is 1.07 bits per heavy atom. The highest BCUT2D eigenvalue weighted by Gasteiger charge is 2.31. The van der Waals surface area contributed by atoms with E-state index in [2.05, 4.69) is 41.4 Å². The number of carbonyl (C=O) groups is 1. The van der Waals surface area contributed by atoms with Crippen molar-refractivity contribution < 1.29 is 4.79 Å². The van der Waals surface area contributed by atoms with E-state index in [-0.39, 0.29) is 36.6 Å². The highest BCUT2D eigenvalue weighted by molar-refractivity contribution is 5.85. The Morgan fingerprint density at radius 3 is 2.33 bits per heavy atom. The van der Waals surface area contributed by atoms with Crippen LogP contribution in [0.25, 0.3) is 0 Å². The molecule has 1 amide bonds. The number of hydrogen-bond donors (Lipinski definition) is 2. The standard InChI is InChI=1S/C21H33N3O.2ClH/c1-16-9-11-24(12-10-16)15-18-7-5-17(6-8-18)14-23-21(25)20-4-2-3-19(20)13-22;;/h5-8,16,19-20H,2-4,9-15,22H2,1H3,(H,23,25);2*1H/t19-,20-;;/m1../s1. The fourth-order valence-electron chi connectivity index (χ4n) is 4.23. The molecule has 1 heterocycles. The first-order valence-electron chi connectivity index (χ1n) is 9.93. The molecule has 1 aliphatic carbocycles. The fourth-order valence-corrected chi connectivity index (χ4v) is 4.23. The van der Waals surface area contributed by atoms with E-state index in [1.54, 1.807) is 0 Å². The van der Waals surface area contributed by atoms with E-state index in [0.717, 1.165) is 31.7 Å². The number of carbonyl (C=O) groups excluding carboxylic acids is 1. The molecule has 3 rings (SSSR count). The van der Waals surface area contributed by atoms with E-state index in [9.17, 15) is 4.79 Å². The zero-order valence-corrected chi connectivity index (χ0v) is 18.0. The Labute approximate surface area is 176 Å². The molecule has 154 valence electrons. The number of likely N-dealkylation sites (tertiary alicyclic amines) is 1. The first kappa shape index (κ1) is 24.2. The van der Waals surface area contributed by atoms with E-state index in [1.807, 2.05) is 0 Å². The molecule has 0 unspecified atom stereocenters. The fraction of sp³-hybridized carbons (Fsp3) is 0.667. The summed E-state index contributed by atoms with van der Waals surface area (Å²) in [5.41, 5.74) is 8.32. The Bertz CT molecular complexity index is 559. The van der Waals surface area contributed by atoms with Crippen molar-refractivity contribution in [1.29, 1.82) is 0 Å². The maximum atomic E-state index is 12.4. The van der Waals surface area contributed by atoms with Gasteiger partial charge in [-0.25, -0.2) is 0 Å². The van der Waals surface area contributed by atoms with Crippen molar-refractivity contribution in [3.05, 3.63) is 35.4 Å². The van der Waals surface area contributed by atoms with Crippen LogP contribution in [0.15, 0.2) is 24.3 Å². The molecular weight excluding hydrogens is 381 g/mol. The molecule has 1 aromatic carbocycles. The highest BCUT2D eigenvalue weighted by atomic mass is 35.5. The van der Waals surface area contributed by atoms with E-state index >= 15 is 0 Å². The minimum absolute atomic E-state index is 0. The van der Waals surface area contributed by atoms with Crippen LogP contribution < -0.4 is 11.1 Å². The van der Waals surface area contributed by atoms with E-state index < -0.39 is 0 Å². The summed E-state index contributed by atoms with van der Waals surface area (Å²) in [7, 11) is 0. The lowest BCUT2D eigenvalue weighted by Crippen LogP contribution is -2.34. The zero-order valence-electron chi connectivity index (χ0n) is 16.4. The summed E-state index contributed by atoms with van der Waals surface area (Å²) in [4.78, 5) is 14.9. The van der Waals surface area contributed by atoms with Crippen LogP contribution in [0.4, 0.5) is 0 Å². The van der Waals surface area contributed by atoms with Crippen molar-refractivity contribution >= 4 is 30.7 Å². The average molecular weight is 416 g/mol. The lowest BCUT2D eigenvalue weighted by molar-refractivity contribution is -0.126. The van der Waals surface area contributed by atoms with Gasteiger partial charge < -0.3 is 11.1 Å². The van der Waals surface area contributed by atoms with Gasteiger partial charge in [0.05, 0.1) is 0 Å².